The van der Waals surface area contributed by atoms with Gasteiger partial charge in [-0.05, 0) is 38.3 Å². The fourth-order valence-corrected chi connectivity index (χ4v) is 3.15. The van der Waals surface area contributed by atoms with Crippen LogP contribution < -0.4 is 4.74 Å². The molecule has 1 aromatic carbocycles. The summed E-state index contributed by atoms with van der Waals surface area (Å²) in [6, 6.07) is 6.27. The largest absolute Gasteiger partial charge is 0.489 e. The maximum absolute atomic E-state index is 10.0. The summed E-state index contributed by atoms with van der Waals surface area (Å²) in [5.74, 6) is 0.962. The molecule has 1 aromatic rings. The van der Waals surface area contributed by atoms with Crippen LogP contribution in [0.5, 0.6) is 5.75 Å². The van der Waals surface area contributed by atoms with Gasteiger partial charge in [0.2, 0.25) is 0 Å². The molecule has 2 nitrogen and oxygen atoms in total. The molecule has 0 spiro atoms. The highest BCUT2D eigenvalue weighted by molar-refractivity contribution is 5.36. The molecule has 1 aliphatic carbocycles. The van der Waals surface area contributed by atoms with Gasteiger partial charge < -0.3 is 9.84 Å². The Morgan fingerprint density at radius 1 is 1.28 bits per heavy atom. The first kappa shape index (κ1) is 13.4. The summed E-state index contributed by atoms with van der Waals surface area (Å²) in [6.07, 6.45) is 2.65. The van der Waals surface area contributed by atoms with Crippen molar-refractivity contribution in [2.75, 3.05) is 0 Å². The van der Waals surface area contributed by atoms with E-state index >= 15 is 0 Å². The standard InChI is InChI=1S/C16H24O2/c1-5-16(6-2)14(17)10-15(16)18-13-8-7-11(3)9-12(13)4/h7-9,14-15,17H,5-6,10H2,1-4H3. The van der Waals surface area contributed by atoms with E-state index < -0.39 is 0 Å². The summed E-state index contributed by atoms with van der Waals surface area (Å²) >= 11 is 0. The molecule has 0 radical (unpaired) electrons. The number of hydrogen-bond donors (Lipinski definition) is 1. The molecule has 2 rings (SSSR count). The molecule has 18 heavy (non-hydrogen) atoms. The molecule has 0 aromatic heterocycles. The van der Waals surface area contributed by atoms with Crippen molar-refractivity contribution >= 4 is 0 Å². The van der Waals surface area contributed by atoms with Crippen molar-refractivity contribution in [3.8, 4) is 5.75 Å². The van der Waals surface area contributed by atoms with E-state index in [1.807, 2.05) is 6.07 Å². The van der Waals surface area contributed by atoms with Gasteiger partial charge in [0, 0.05) is 11.8 Å². The SMILES string of the molecule is CCC1(CC)C(O)CC1Oc1ccc(C)cc1C. The molecular weight excluding hydrogens is 224 g/mol. The minimum absolute atomic E-state index is 0.0443. The van der Waals surface area contributed by atoms with Gasteiger partial charge in [0.15, 0.2) is 0 Å². The molecule has 2 heteroatoms. The van der Waals surface area contributed by atoms with E-state index in [9.17, 15) is 5.11 Å². The van der Waals surface area contributed by atoms with Crippen LogP contribution in [-0.4, -0.2) is 17.3 Å². The van der Waals surface area contributed by atoms with E-state index in [-0.39, 0.29) is 17.6 Å². The number of aliphatic hydroxyl groups excluding tert-OH is 1. The van der Waals surface area contributed by atoms with Gasteiger partial charge in [-0.3, -0.25) is 0 Å². The predicted molar refractivity (Wildman–Crippen MR) is 74.0 cm³/mol. The lowest BCUT2D eigenvalue weighted by molar-refractivity contribution is -0.159. The first-order valence-electron chi connectivity index (χ1n) is 6.95. The zero-order valence-electron chi connectivity index (χ0n) is 11.9. The summed E-state index contributed by atoms with van der Waals surface area (Å²) in [5.41, 5.74) is 2.39. The van der Waals surface area contributed by atoms with Gasteiger partial charge in [-0.15, -0.1) is 0 Å². The summed E-state index contributed by atoms with van der Waals surface area (Å²) < 4.78 is 6.14. The Morgan fingerprint density at radius 2 is 1.94 bits per heavy atom. The second-order valence-electron chi connectivity index (χ2n) is 5.57. The van der Waals surface area contributed by atoms with Crippen LogP contribution in [0.25, 0.3) is 0 Å². The minimum atomic E-state index is -0.205. The van der Waals surface area contributed by atoms with E-state index in [4.69, 9.17) is 4.74 Å². The Bertz CT molecular complexity index is 421. The molecule has 2 unspecified atom stereocenters. The zero-order chi connectivity index (χ0) is 13.3. The van der Waals surface area contributed by atoms with Crippen LogP contribution in [0.1, 0.15) is 44.2 Å². The lowest BCUT2D eigenvalue weighted by Crippen LogP contribution is -2.59. The quantitative estimate of drug-likeness (QED) is 0.881. The van der Waals surface area contributed by atoms with E-state index in [0.717, 1.165) is 25.0 Å². The summed E-state index contributed by atoms with van der Waals surface area (Å²) in [5, 5.41) is 10.0. The maximum Gasteiger partial charge on any atom is 0.122 e. The molecule has 0 saturated heterocycles. The van der Waals surface area contributed by atoms with Crippen molar-refractivity contribution in [2.45, 2.75) is 59.2 Å². The van der Waals surface area contributed by atoms with Crippen molar-refractivity contribution in [3.63, 3.8) is 0 Å². The van der Waals surface area contributed by atoms with E-state index in [1.54, 1.807) is 0 Å². The van der Waals surface area contributed by atoms with Crippen LogP contribution in [-0.2, 0) is 0 Å². The molecule has 0 heterocycles. The van der Waals surface area contributed by atoms with Gasteiger partial charge in [-0.1, -0.05) is 31.5 Å². The Labute approximate surface area is 110 Å². The van der Waals surface area contributed by atoms with Crippen molar-refractivity contribution in [2.24, 2.45) is 5.41 Å². The second kappa shape index (κ2) is 4.93. The zero-order valence-corrected chi connectivity index (χ0v) is 11.9. The molecule has 0 amide bonds. The Kier molecular flexibility index (Phi) is 3.67. The van der Waals surface area contributed by atoms with Gasteiger partial charge in [0.05, 0.1) is 6.10 Å². The van der Waals surface area contributed by atoms with Crippen LogP contribution in [0.3, 0.4) is 0 Å². The van der Waals surface area contributed by atoms with Crippen LogP contribution in [0.2, 0.25) is 0 Å². The third kappa shape index (κ3) is 2.03. The monoisotopic (exact) mass is 248 g/mol. The van der Waals surface area contributed by atoms with Gasteiger partial charge >= 0.3 is 0 Å². The lowest BCUT2D eigenvalue weighted by atomic mass is 9.60. The van der Waals surface area contributed by atoms with E-state index in [2.05, 4.69) is 39.8 Å². The highest BCUT2D eigenvalue weighted by Gasteiger charge is 2.53. The molecule has 1 aliphatic rings. The average molecular weight is 248 g/mol. The first-order valence-corrected chi connectivity index (χ1v) is 6.95. The van der Waals surface area contributed by atoms with Crippen LogP contribution in [0, 0.1) is 19.3 Å². The number of benzene rings is 1. The molecule has 100 valence electrons. The average Bonchev–Trinajstić information content (AvgIpc) is 2.33. The van der Waals surface area contributed by atoms with Crippen LogP contribution in [0.4, 0.5) is 0 Å². The normalized spacial score (nSPS) is 25.6. The topological polar surface area (TPSA) is 29.5 Å². The Morgan fingerprint density at radius 3 is 2.44 bits per heavy atom. The predicted octanol–water partition coefficient (Wildman–Crippen LogP) is 3.62. The van der Waals surface area contributed by atoms with Gasteiger partial charge in [0.25, 0.3) is 0 Å². The van der Waals surface area contributed by atoms with Crippen LogP contribution in [0.15, 0.2) is 18.2 Å². The number of aryl methyl sites for hydroxylation is 2. The molecule has 0 aliphatic heterocycles. The third-order valence-corrected chi connectivity index (χ3v) is 4.66. The molecule has 1 N–H and O–H groups in total. The minimum Gasteiger partial charge on any atom is -0.489 e. The summed E-state index contributed by atoms with van der Waals surface area (Å²) in [4.78, 5) is 0. The van der Waals surface area contributed by atoms with Gasteiger partial charge in [-0.25, -0.2) is 0 Å². The van der Waals surface area contributed by atoms with Gasteiger partial charge in [0.1, 0.15) is 11.9 Å². The fraction of sp³-hybridized carbons (Fsp3) is 0.625. The highest BCUT2D eigenvalue weighted by Crippen LogP contribution is 2.49. The molecule has 2 atom stereocenters. The summed E-state index contributed by atoms with van der Waals surface area (Å²) in [7, 11) is 0. The number of hydrogen-bond acceptors (Lipinski definition) is 2. The van der Waals surface area contributed by atoms with Gasteiger partial charge in [-0.2, -0.15) is 0 Å². The number of rotatable bonds is 4. The number of ether oxygens (including phenoxy) is 1. The Hall–Kier alpha value is -1.02. The van der Waals surface area contributed by atoms with E-state index in [1.165, 1.54) is 11.1 Å². The molecular formula is C16H24O2. The molecule has 1 saturated carbocycles. The molecule has 0 bridgehead atoms. The van der Waals surface area contributed by atoms with Crippen molar-refractivity contribution in [3.05, 3.63) is 29.3 Å². The van der Waals surface area contributed by atoms with E-state index in [0.29, 0.717) is 0 Å². The number of aliphatic hydroxyl groups is 1. The Balaban J connectivity index is 2.15. The summed E-state index contributed by atoms with van der Waals surface area (Å²) in [6.45, 7) is 8.46. The van der Waals surface area contributed by atoms with Crippen molar-refractivity contribution in [1.29, 1.82) is 0 Å². The maximum atomic E-state index is 10.0. The lowest BCUT2D eigenvalue weighted by Gasteiger charge is -2.52. The third-order valence-electron chi connectivity index (χ3n) is 4.66. The van der Waals surface area contributed by atoms with Crippen molar-refractivity contribution in [1.82, 2.24) is 0 Å². The van der Waals surface area contributed by atoms with Crippen molar-refractivity contribution < 1.29 is 9.84 Å². The van der Waals surface area contributed by atoms with Crippen LogP contribution >= 0.6 is 0 Å². The second-order valence-corrected chi connectivity index (χ2v) is 5.57. The fourth-order valence-electron chi connectivity index (χ4n) is 3.15. The molecule has 1 fully saturated rings. The highest BCUT2D eigenvalue weighted by atomic mass is 16.5. The first-order chi connectivity index (χ1) is 8.53. The smallest absolute Gasteiger partial charge is 0.122 e.